The van der Waals surface area contributed by atoms with Gasteiger partial charge in [-0.15, -0.1) is 10.2 Å². The van der Waals surface area contributed by atoms with Crippen molar-refractivity contribution in [3.8, 4) is 17.3 Å². The maximum Gasteiger partial charge on any atom is 0.266 e. The predicted molar refractivity (Wildman–Crippen MR) is 97.3 cm³/mol. The van der Waals surface area contributed by atoms with Crippen LogP contribution in [-0.4, -0.2) is 26.2 Å². The lowest BCUT2D eigenvalue weighted by Crippen LogP contribution is -2.15. The summed E-state index contributed by atoms with van der Waals surface area (Å²) in [7, 11) is 0. The minimum absolute atomic E-state index is 0.449. The summed E-state index contributed by atoms with van der Waals surface area (Å²) in [6, 6.07) is 3.99. The number of pyridine rings is 1. The first kappa shape index (κ1) is 15.9. The Morgan fingerprint density at radius 2 is 2.00 bits per heavy atom. The summed E-state index contributed by atoms with van der Waals surface area (Å²) in [4.78, 5) is 4.73. The fourth-order valence-corrected chi connectivity index (χ4v) is 3.91. The van der Waals surface area contributed by atoms with E-state index in [2.05, 4.69) is 10.2 Å². The van der Waals surface area contributed by atoms with Crippen LogP contribution in [0.4, 0.5) is 0 Å². The highest BCUT2D eigenvalue weighted by Gasteiger charge is 2.30. The Balaban J connectivity index is 1.45. The third-order valence-corrected chi connectivity index (χ3v) is 5.56. The Labute approximate surface area is 152 Å². The van der Waals surface area contributed by atoms with Crippen molar-refractivity contribution in [1.29, 1.82) is 0 Å². The average Bonchev–Trinajstić information content (AvgIpc) is 3.31. The van der Waals surface area contributed by atoms with Gasteiger partial charge in [0.2, 0.25) is 5.89 Å². The molecule has 136 valence electrons. The molecule has 0 atom stereocenters. The molecule has 6 heteroatoms. The SMILES string of the molecule is Cc1nc2c(OCC3CCCCC3)cccn2c1-c1nnc(C2CC2)o1. The molecule has 3 aromatic rings. The van der Waals surface area contributed by atoms with Crippen LogP contribution in [0.15, 0.2) is 22.7 Å². The molecule has 3 heterocycles. The summed E-state index contributed by atoms with van der Waals surface area (Å²) in [5.74, 6) is 3.23. The van der Waals surface area contributed by atoms with Crippen molar-refractivity contribution in [2.24, 2.45) is 5.92 Å². The van der Waals surface area contributed by atoms with Gasteiger partial charge in [-0.25, -0.2) is 4.98 Å². The zero-order chi connectivity index (χ0) is 17.5. The van der Waals surface area contributed by atoms with Crippen molar-refractivity contribution in [3.05, 3.63) is 29.9 Å². The molecule has 0 spiro atoms. The molecule has 0 aliphatic heterocycles. The summed E-state index contributed by atoms with van der Waals surface area (Å²) in [6.07, 6.45) is 10.8. The number of ether oxygens (including phenoxy) is 1. The maximum atomic E-state index is 6.17. The zero-order valence-corrected chi connectivity index (χ0v) is 15.1. The first-order chi connectivity index (χ1) is 12.8. The van der Waals surface area contributed by atoms with E-state index in [1.54, 1.807) is 0 Å². The number of hydrogen-bond acceptors (Lipinski definition) is 5. The van der Waals surface area contributed by atoms with E-state index in [1.165, 1.54) is 32.1 Å². The highest BCUT2D eigenvalue weighted by molar-refractivity contribution is 5.65. The number of aryl methyl sites for hydroxylation is 1. The van der Waals surface area contributed by atoms with Crippen LogP contribution in [0.2, 0.25) is 0 Å². The molecule has 2 fully saturated rings. The van der Waals surface area contributed by atoms with Gasteiger partial charge in [-0.1, -0.05) is 19.3 Å². The van der Waals surface area contributed by atoms with Crippen LogP contribution >= 0.6 is 0 Å². The van der Waals surface area contributed by atoms with Gasteiger partial charge < -0.3 is 9.15 Å². The molecule has 0 N–H and O–H groups in total. The molecule has 2 saturated carbocycles. The van der Waals surface area contributed by atoms with E-state index in [0.717, 1.165) is 48.1 Å². The molecule has 0 saturated heterocycles. The van der Waals surface area contributed by atoms with Gasteiger partial charge >= 0.3 is 0 Å². The molecule has 2 aliphatic carbocycles. The minimum atomic E-state index is 0.449. The maximum absolute atomic E-state index is 6.17. The van der Waals surface area contributed by atoms with Crippen LogP contribution in [-0.2, 0) is 0 Å². The Hall–Kier alpha value is -2.37. The van der Waals surface area contributed by atoms with E-state index in [9.17, 15) is 0 Å². The first-order valence-corrected chi connectivity index (χ1v) is 9.74. The summed E-state index contributed by atoms with van der Waals surface area (Å²) in [6.45, 7) is 2.75. The molecule has 26 heavy (non-hydrogen) atoms. The molecule has 0 aromatic carbocycles. The molecule has 6 nitrogen and oxygen atoms in total. The second-order valence-corrected chi connectivity index (χ2v) is 7.65. The fraction of sp³-hybridized carbons (Fsp3) is 0.550. The van der Waals surface area contributed by atoms with Crippen molar-refractivity contribution in [2.45, 2.75) is 57.8 Å². The number of fused-ring (bicyclic) bond motifs is 1. The Morgan fingerprint density at radius 1 is 1.15 bits per heavy atom. The third-order valence-electron chi connectivity index (χ3n) is 5.56. The standard InChI is InChI=1S/C20H24N4O2/c1-13-17(20-23-22-19(26-20)15-9-10-15)24-11-5-8-16(18(24)21-13)25-12-14-6-3-2-4-7-14/h5,8,11,14-15H,2-4,6-7,9-10,12H2,1H3. The van der Waals surface area contributed by atoms with Crippen LogP contribution in [0.3, 0.4) is 0 Å². The predicted octanol–water partition coefficient (Wildman–Crippen LogP) is 4.53. The summed E-state index contributed by atoms with van der Waals surface area (Å²) >= 11 is 0. The van der Waals surface area contributed by atoms with Gasteiger partial charge in [0.25, 0.3) is 5.89 Å². The lowest BCUT2D eigenvalue weighted by molar-refractivity contribution is 0.210. The van der Waals surface area contributed by atoms with Crippen LogP contribution in [0.5, 0.6) is 5.75 Å². The van der Waals surface area contributed by atoms with Crippen molar-refractivity contribution in [3.63, 3.8) is 0 Å². The second-order valence-electron chi connectivity index (χ2n) is 7.65. The van der Waals surface area contributed by atoms with Gasteiger partial charge in [0, 0.05) is 12.1 Å². The number of aromatic nitrogens is 4. The van der Waals surface area contributed by atoms with E-state index >= 15 is 0 Å². The summed E-state index contributed by atoms with van der Waals surface area (Å²) in [5, 5.41) is 8.47. The first-order valence-electron chi connectivity index (χ1n) is 9.74. The molecular formula is C20H24N4O2. The second kappa shape index (κ2) is 6.41. The number of rotatable bonds is 5. The minimum Gasteiger partial charge on any atom is -0.489 e. The lowest BCUT2D eigenvalue weighted by Gasteiger charge is -2.21. The van der Waals surface area contributed by atoms with Gasteiger partial charge in [0.05, 0.1) is 12.3 Å². The normalized spacial score (nSPS) is 18.5. The van der Waals surface area contributed by atoms with Gasteiger partial charge in [0.15, 0.2) is 11.4 Å². The monoisotopic (exact) mass is 352 g/mol. The van der Waals surface area contributed by atoms with Gasteiger partial charge in [-0.3, -0.25) is 4.40 Å². The Kier molecular flexibility index (Phi) is 3.91. The average molecular weight is 352 g/mol. The van der Waals surface area contributed by atoms with Gasteiger partial charge in [0.1, 0.15) is 5.69 Å². The summed E-state index contributed by atoms with van der Waals surface area (Å²) < 4.78 is 14.1. The van der Waals surface area contributed by atoms with Crippen LogP contribution in [0.1, 0.15) is 62.4 Å². The largest absolute Gasteiger partial charge is 0.489 e. The molecular weight excluding hydrogens is 328 g/mol. The molecule has 3 aromatic heterocycles. The van der Waals surface area contributed by atoms with E-state index in [-0.39, 0.29) is 0 Å². The van der Waals surface area contributed by atoms with Gasteiger partial charge in [-0.2, -0.15) is 0 Å². The van der Waals surface area contributed by atoms with Crippen molar-refractivity contribution in [2.75, 3.05) is 6.61 Å². The molecule has 0 radical (unpaired) electrons. The Morgan fingerprint density at radius 3 is 2.81 bits per heavy atom. The lowest BCUT2D eigenvalue weighted by atomic mass is 9.90. The number of nitrogens with zero attached hydrogens (tertiary/aromatic N) is 4. The van der Waals surface area contributed by atoms with E-state index in [1.807, 2.05) is 29.7 Å². The molecule has 0 bridgehead atoms. The van der Waals surface area contributed by atoms with E-state index < -0.39 is 0 Å². The van der Waals surface area contributed by atoms with Crippen molar-refractivity contribution >= 4 is 5.65 Å². The topological polar surface area (TPSA) is 65.5 Å². The Bertz CT molecular complexity index is 919. The molecule has 5 rings (SSSR count). The third kappa shape index (κ3) is 2.87. The van der Waals surface area contributed by atoms with E-state index in [0.29, 0.717) is 17.7 Å². The molecule has 0 unspecified atom stereocenters. The van der Waals surface area contributed by atoms with E-state index in [4.69, 9.17) is 14.1 Å². The van der Waals surface area contributed by atoms with Crippen LogP contribution in [0, 0.1) is 12.8 Å². The van der Waals surface area contributed by atoms with Crippen LogP contribution < -0.4 is 4.74 Å². The van der Waals surface area contributed by atoms with Gasteiger partial charge in [-0.05, 0) is 50.7 Å². The highest BCUT2D eigenvalue weighted by atomic mass is 16.5. The molecule has 0 amide bonds. The quantitative estimate of drug-likeness (QED) is 0.675. The fourth-order valence-electron chi connectivity index (χ4n) is 3.91. The van der Waals surface area contributed by atoms with Crippen molar-refractivity contribution < 1.29 is 9.15 Å². The molecule has 2 aliphatic rings. The summed E-state index contributed by atoms with van der Waals surface area (Å²) in [5.41, 5.74) is 2.56. The van der Waals surface area contributed by atoms with Crippen LogP contribution in [0.25, 0.3) is 17.2 Å². The number of hydrogen-bond donors (Lipinski definition) is 0. The highest BCUT2D eigenvalue weighted by Crippen LogP contribution is 2.40. The zero-order valence-electron chi connectivity index (χ0n) is 15.1. The number of imidazole rings is 1. The smallest absolute Gasteiger partial charge is 0.266 e. The van der Waals surface area contributed by atoms with Crippen molar-refractivity contribution in [1.82, 2.24) is 19.6 Å².